The third-order valence-corrected chi connectivity index (χ3v) is 5.08. The van der Waals surface area contributed by atoms with E-state index in [4.69, 9.17) is 9.26 Å². The van der Waals surface area contributed by atoms with Crippen LogP contribution in [0.2, 0.25) is 0 Å². The molecule has 1 saturated heterocycles. The number of carbonyl (C=O) groups is 1. The molecular formula is C24H25F2N5O4. The second kappa shape index (κ2) is 9.40. The van der Waals surface area contributed by atoms with Crippen LogP contribution in [0.3, 0.4) is 0 Å². The number of ether oxygens (including phenoxy) is 2. The Morgan fingerprint density at radius 1 is 1.26 bits per heavy atom. The highest BCUT2D eigenvalue weighted by Gasteiger charge is 2.36. The van der Waals surface area contributed by atoms with E-state index in [1.807, 2.05) is 20.8 Å². The van der Waals surface area contributed by atoms with Crippen molar-refractivity contribution in [3.05, 3.63) is 55.0 Å². The fourth-order valence-corrected chi connectivity index (χ4v) is 3.56. The number of halogens is 2. The van der Waals surface area contributed by atoms with Gasteiger partial charge in [-0.3, -0.25) is 4.90 Å². The predicted octanol–water partition coefficient (Wildman–Crippen LogP) is 5.42. The van der Waals surface area contributed by atoms with Gasteiger partial charge in [-0.2, -0.15) is 13.8 Å². The van der Waals surface area contributed by atoms with Gasteiger partial charge >= 0.3 is 12.2 Å². The minimum atomic E-state index is -3.51. The van der Waals surface area contributed by atoms with E-state index in [-0.39, 0.29) is 23.5 Å². The number of alkyl halides is 2. The molecule has 11 heteroatoms. The molecule has 1 aromatic carbocycles. The lowest BCUT2D eigenvalue weighted by molar-refractivity contribution is -0.131. The first-order valence-corrected chi connectivity index (χ1v) is 11.0. The van der Waals surface area contributed by atoms with Crippen LogP contribution in [0.15, 0.2) is 53.7 Å². The van der Waals surface area contributed by atoms with Gasteiger partial charge in [-0.15, -0.1) is 0 Å². The number of hydrogen-bond donors (Lipinski definition) is 0. The van der Waals surface area contributed by atoms with E-state index in [0.29, 0.717) is 36.1 Å². The highest BCUT2D eigenvalue weighted by molar-refractivity contribution is 5.69. The van der Waals surface area contributed by atoms with Crippen LogP contribution in [0.5, 0.6) is 5.75 Å². The maximum absolute atomic E-state index is 13.5. The standard InChI is InChI=1S/C24H25F2N5O4/c1-5-24(25,26)33-16-9-6-8-15(14-16)19-27-12-11-17(28-19)21-29-20(30-35-21)18-10-7-13-31(18)22(32)34-23(2,3)4/h5-6,8-9,11-12,14,18H,1,7,10,13H2,2-4H3. The van der Waals surface area contributed by atoms with Gasteiger partial charge < -0.3 is 14.0 Å². The van der Waals surface area contributed by atoms with E-state index < -0.39 is 17.8 Å². The lowest BCUT2D eigenvalue weighted by Gasteiger charge is -2.27. The van der Waals surface area contributed by atoms with Crippen molar-refractivity contribution >= 4 is 6.09 Å². The Labute approximate surface area is 200 Å². The summed E-state index contributed by atoms with van der Waals surface area (Å²) in [5.41, 5.74) is 0.183. The van der Waals surface area contributed by atoms with Gasteiger partial charge in [0.25, 0.3) is 5.89 Å². The zero-order valence-electron chi connectivity index (χ0n) is 19.6. The molecule has 4 rings (SSSR count). The van der Waals surface area contributed by atoms with Crippen LogP contribution in [0, 0.1) is 0 Å². The molecule has 1 aliphatic rings. The number of aromatic nitrogens is 4. The second-order valence-electron chi connectivity index (χ2n) is 8.95. The van der Waals surface area contributed by atoms with Gasteiger partial charge in [0.2, 0.25) is 0 Å². The molecule has 3 aromatic rings. The average molecular weight is 485 g/mol. The number of likely N-dealkylation sites (tertiary alicyclic amines) is 1. The van der Waals surface area contributed by atoms with Crippen molar-refractivity contribution in [1.82, 2.24) is 25.0 Å². The normalized spacial score (nSPS) is 16.3. The Balaban J connectivity index is 1.55. The Bertz CT molecular complexity index is 1220. The van der Waals surface area contributed by atoms with Gasteiger partial charge in [-0.25, -0.2) is 14.8 Å². The monoisotopic (exact) mass is 485 g/mol. The minimum absolute atomic E-state index is 0.0649. The van der Waals surface area contributed by atoms with Crippen LogP contribution < -0.4 is 4.74 Å². The van der Waals surface area contributed by atoms with Crippen molar-refractivity contribution in [2.24, 2.45) is 0 Å². The predicted molar refractivity (Wildman–Crippen MR) is 121 cm³/mol. The van der Waals surface area contributed by atoms with Crippen LogP contribution >= 0.6 is 0 Å². The topological polar surface area (TPSA) is 103 Å². The van der Waals surface area contributed by atoms with Gasteiger partial charge in [0, 0.05) is 24.4 Å². The number of benzene rings is 1. The third-order valence-electron chi connectivity index (χ3n) is 5.08. The first-order chi connectivity index (χ1) is 16.5. The smallest absolute Gasteiger partial charge is 0.419 e. The third kappa shape index (κ3) is 5.79. The lowest BCUT2D eigenvalue weighted by Crippen LogP contribution is -2.36. The summed E-state index contributed by atoms with van der Waals surface area (Å²) < 4.78 is 42.6. The molecule has 1 unspecified atom stereocenters. The summed E-state index contributed by atoms with van der Waals surface area (Å²) in [5, 5.41) is 4.06. The first kappa shape index (κ1) is 24.2. The van der Waals surface area contributed by atoms with E-state index in [0.717, 1.165) is 6.42 Å². The highest BCUT2D eigenvalue weighted by Crippen LogP contribution is 2.33. The number of nitrogens with zero attached hydrogens (tertiary/aromatic N) is 5. The van der Waals surface area contributed by atoms with E-state index in [1.165, 1.54) is 18.3 Å². The Morgan fingerprint density at radius 2 is 2.06 bits per heavy atom. The van der Waals surface area contributed by atoms with Gasteiger partial charge in [-0.05, 0) is 51.8 Å². The zero-order chi connectivity index (χ0) is 25.2. The summed E-state index contributed by atoms with van der Waals surface area (Å²) in [4.78, 5) is 27.3. The molecule has 0 saturated carbocycles. The van der Waals surface area contributed by atoms with Crippen molar-refractivity contribution in [1.29, 1.82) is 0 Å². The van der Waals surface area contributed by atoms with E-state index >= 15 is 0 Å². The van der Waals surface area contributed by atoms with Crippen LogP contribution in [0.4, 0.5) is 13.6 Å². The maximum atomic E-state index is 13.5. The molecule has 2 aromatic heterocycles. The molecule has 0 radical (unpaired) electrons. The Kier molecular flexibility index (Phi) is 6.51. The first-order valence-electron chi connectivity index (χ1n) is 11.0. The quantitative estimate of drug-likeness (QED) is 0.426. The van der Waals surface area contributed by atoms with Gasteiger partial charge in [0.15, 0.2) is 11.6 Å². The van der Waals surface area contributed by atoms with Crippen molar-refractivity contribution in [2.45, 2.75) is 51.4 Å². The summed E-state index contributed by atoms with van der Waals surface area (Å²) in [6, 6.07) is 7.22. The number of rotatable bonds is 6. The molecule has 184 valence electrons. The molecule has 0 spiro atoms. The highest BCUT2D eigenvalue weighted by atomic mass is 19.3. The lowest BCUT2D eigenvalue weighted by atomic mass is 10.2. The van der Waals surface area contributed by atoms with Gasteiger partial charge in [0.05, 0.1) is 6.04 Å². The van der Waals surface area contributed by atoms with Crippen molar-refractivity contribution in [3.63, 3.8) is 0 Å². The largest absolute Gasteiger partial charge is 0.444 e. The molecule has 0 aliphatic carbocycles. The molecule has 9 nitrogen and oxygen atoms in total. The Morgan fingerprint density at radius 3 is 2.80 bits per heavy atom. The van der Waals surface area contributed by atoms with Crippen LogP contribution in [-0.4, -0.2) is 49.4 Å². The molecule has 0 bridgehead atoms. The zero-order valence-corrected chi connectivity index (χ0v) is 19.6. The fourth-order valence-electron chi connectivity index (χ4n) is 3.56. The van der Waals surface area contributed by atoms with E-state index in [9.17, 15) is 13.6 Å². The van der Waals surface area contributed by atoms with Crippen molar-refractivity contribution in [2.75, 3.05) is 6.54 Å². The maximum Gasteiger partial charge on any atom is 0.419 e. The summed E-state index contributed by atoms with van der Waals surface area (Å²) in [6.07, 6.45) is -0.562. The van der Waals surface area contributed by atoms with Crippen LogP contribution in [-0.2, 0) is 4.74 Å². The van der Waals surface area contributed by atoms with Crippen LogP contribution in [0.25, 0.3) is 23.0 Å². The van der Waals surface area contributed by atoms with Crippen LogP contribution in [0.1, 0.15) is 45.5 Å². The second-order valence-corrected chi connectivity index (χ2v) is 8.95. The minimum Gasteiger partial charge on any atom is -0.444 e. The average Bonchev–Trinajstić information content (AvgIpc) is 3.48. The fraction of sp³-hybridized carbons (Fsp3) is 0.375. The van der Waals surface area contributed by atoms with E-state index in [1.54, 1.807) is 23.1 Å². The summed E-state index contributed by atoms with van der Waals surface area (Å²) in [5.74, 6) is 0.687. The number of hydrogen-bond acceptors (Lipinski definition) is 8. The molecule has 3 heterocycles. The van der Waals surface area contributed by atoms with Crippen molar-refractivity contribution < 1.29 is 27.6 Å². The molecule has 1 fully saturated rings. The molecule has 35 heavy (non-hydrogen) atoms. The molecule has 0 N–H and O–H groups in total. The van der Waals surface area contributed by atoms with Gasteiger partial charge in [0.1, 0.15) is 17.0 Å². The van der Waals surface area contributed by atoms with Crippen molar-refractivity contribution in [3.8, 4) is 28.7 Å². The SMILES string of the molecule is C=CC(F)(F)Oc1cccc(-c2nccc(-c3nc(C4CCCN4C(=O)OC(C)(C)C)no3)n2)c1. The molecule has 1 atom stereocenters. The van der Waals surface area contributed by atoms with E-state index in [2.05, 4.69) is 31.4 Å². The number of carbonyl (C=O) groups excluding carboxylic acids is 1. The Hall–Kier alpha value is -3.89. The molecule has 1 amide bonds. The molecule has 1 aliphatic heterocycles. The van der Waals surface area contributed by atoms with Gasteiger partial charge in [-0.1, -0.05) is 23.9 Å². The molecular weight excluding hydrogens is 460 g/mol. The summed E-state index contributed by atoms with van der Waals surface area (Å²) >= 11 is 0. The summed E-state index contributed by atoms with van der Waals surface area (Å²) in [7, 11) is 0. The number of amides is 1. The summed E-state index contributed by atoms with van der Waals surface area (Å²) in [6.45, 7) is 9.02.